The van der Waals surface area contributed by atoms with Crippen molar-refractivity contribution in [3.8, 4) is 0 Å². The van der Waals surface area contributed by atoms with Crippen LogP contribution in [0.5, 0.6) is 0 Å². The highest BCUT2D eigenvalue weighted by Gasteiger charge is 2.30. The molecule has 0 aromatic heterocycles. The molecule has 3 atom stereocenters. The third-order valence-electron chi connectivity index (χ3n) is 4.06. The maximum absolute atomic E-state index is 11.4. The summed E-state index contributed by atoms with van der Waals surface area (Å²) in [5.41, 5.74) is 0. The second-order valence-corrected chi connectivity index (χ2v) is 7.63. The first-order valence-corrected chi connectivity index (χ1v) is 8.37. The fourth-order valence-electron chi connectivity index (χ4n) is 3.07. The Hall–Kier alpha value is -0.0900. The average molecular weight is 245 g/mol. The van der Waals surface area contributed by atoms with Crippen molar-refractivity contribution in [3.63, 3.8) is 0 Å². The Balaban J connectivity index is 1.81. The van der Waals surface area contributed by atoms with Gasteiger partial charge in [0.2, 0.25) is 0 Å². The third-order valence-corrected chi connectivity index (χ3v) is 5.83. The Morgan fingerprint density at radius 3 is 2.62 bits per heavy atom. The molecule has 0 bridgehead atoms. The number of hydrogen-bond acceptors (Lipinski definition) is 3. The maximum Gasteiger partial charge on any atom is 0.151 e. The molecule has 0 aromatic carbocycles. The molecule has 1 heterocycles. The minimum absolute atomic E-state index is 0.227. The molecular formula is C12H23NO2S. The number of nitrogens with one attached hydrogen (secondary N) is 1. The van der Waals surface area contributed by atoms with E-state index in [9.17, 15) is 8.42 Å². The van der Waals surface area contributed by atoms with Crippen LogP contribution in [0.15, 0.2) is 0 Å². The van der Waals surface area contributed by atoms with Gasteiger partial charge >= 0.3 is 0 Å². The first-order valence-electron chi connectivity index (χ1n) is 6.55. The molecule has 0 amide bonds. The largest absolute Gasteiger partial charge is 0.310 e. The summed E-state index contributed by atoms with van der Waals surface area (Å²) in [5.74, 6) is 1.60. The molecule has 1 N–H and O–H groups in total. The molecule has 3 unspecified atom stereocenters. The zero-order valence-corrected chi connectivity index (χ0v) is 10.9. The molecule has 2 fully saturated rings. The predicted molar refractivity (Wildman–Crippen MR) is 66.2 cm³/mol. The van der Waals surface area contributed by atoms with E-state index in [1.54, 1.807) is 0 Å². The lowest BCUT2D eigenvalue weighted by atomic mass is 9.84. The van der Waals surface area contributed by atoms with E-state index in [2.05, 4.69) is 12.2 Å². The highest BCUT2D eigenvalue weighted by molar-refractivity contribution is 7.91. The van der Waals surface area contributed by atoms with Gasteiger partial charge in [-0.25, -0.2) is 8.42 Å². The van der Waals surface area contributed by atoms with Crippen LogP contribution in [0.1, 0.15) is 45.4 Å². The summed E-state index contributed by atoms with van der Waals surface area (Å²) in [6.45, 7) is 2.26. The van der Waals surface area contributed by atoms with Gasteiger partial charge in [0, 0.05) is 12.1 Å². The molecular weight excluding hydrogens is 222 g/mol. The molecule has 3 nitrogen and oxygen atoms in total. The van der Waals surface area contributed by atoms with Crippen LogP contribution in [0.2, 0.25) is 0 Å². The Bertz CT molecular complexity index is 326. The molecule has 94 valence electrons. The highest BCUT2D eigenvalue weighted by atomic mass is 32.2. The van der Waals surface area contributed by atoms with Crippen molar-refractivity contribution in [2.45, 2.75) is 57.5 Å². The van der Waals surface area contributed by atoms with Crippen molar-refractivity contribution in [3.05, 3.63) is 0 Å². The van der Waals surface area contributed by atoms with E-state index in [-0.39, 0.29) is 6.04 Å². The molecule has 16 heavy (non-hydrogen) atoms. The minimum atomic E-state index is -2.73. The molecule has 0 aromatic rings. The van der Waals surface area contributed by atoms with Gasteiger partial charge in [0.25, 0.3) is 0 Å². The van der Waals surface area contributed by atoms with Gasteiger partial charge in [-0.2, -0.15) is 0 Å². The Labute approximate surface area is 98.9 Å². The minimum Gasteiger partial charge on any atom is -0.310 e. The Morgan fingerprint density at radius 1 is 1.19 bits per heavy atom. The van der Waals surface area contributed by atoms with Crippen LogP contribution in [0, 0.1) is 5.92 Å². The van der Waals surface area contributed by atoms with Gasteiger partial charge in [0.1, 0.15) is 0 Å². The molecule has 0 spiro atoms. The smallest absolute Gasteiger partial charge is 0.151 e. The van der Waals surface area contributed by atoms with Gasteiger partial charge in [-0.05, 0) is 25.2 Å². The van der Waals surface area contributed by atoms with E-state index in [1.165, 1.54) is 32.1 Å². The fraction of sp³-hybridized carbons (Fsp3) is 1.00. The van der Waals surface area contributed by atoms with Gasteiger partial charge in [0.15, 0.2) is 9.84 Å². The van der Waals surface area contributed by atoms with Gasteiger partial charge in [-0.3, -0.25) is 0 Å². The van der Waals surface area contributed by atoms with Gasteiger partial charge in [-0.15, -0.1) is 0 Å². The second-order valence-electron chi connectivity index (χ2n) is 5.40. The SMILES string of the molecule is CCC1CCCC(NC2CCS(=O)(=O)C2)C1. The zero-order valence-electron chi connectivity index (χ0n) is 10.1. The summed E-state index contributed by atoms with van der Waals surface area (Å²) < 4.78 is 22.7. The van der Waals surface area contributed by atoms with Crippen LogP contribution in [-0.4, -0.2) is 32.0 Å². The van der Waals surface area contributed by atoms with E-state index >= 15 is 0 Å². The standard InChI is InChI=1S/C12H23NO2S/c1-2-10-4-3-5-11(8-10)13-12-6-7-16(14,15)9-12/h10-13H,2-9H2,1H3. The third kappa shape index (κ3) is 3.20. The normalized spacial score (nSPS) is 38.7. The Morgan fingerprint density at radius 2 is 2.00 bits per heavy atom. The van der Waals surface area contributed by atoms with Gasteiger partial charge in [0.05, 0.1) is 11.5 Å². The highest BCUT2D eigenvalue weighted by Crippen LogP contribution is 2.27. The van der Waals surface area contributed by atoms with Crippen molar-refractivity contribution < 1.29 is 8.42 Å². The predicted octanol–water partition coefficient (Wildman–Crippen LogP) is 1.73. The van der Waals surface area contributed by atoms with Crippen LogP contribution in [0.25, 0.3) is 0 Å². The van der Waals surface area contributed by atoms with Crippen molar-refractivity contribution in [2.75, 3.05) is 11.5 Å². The lowest BCUT2D eigenvalue weighted by Gasteiger charge is -2.31. The van der Waals surface area contributed by atoms with E-state index in [4.69, 9.17) is 0 Å². The lowest BCUT2D eigenvalue weighted by Crippen LogP contribution is -2.41. The fourth-order valence-corrected chi connectivity index (χ4v) is 4.76. The summed E-state index contributed by atoms with van der Waals surface area (Å²) in [5, 5.41) is 3.56. The van der Waals surface area contributed by atoms with E-state index in [1.807, 2.05) is 0 Å². The summed E-state index contributed by atoms with van der Waals surface area (Å²) in [7, 11) is -2.73. The van der Waals surface area contributed by atoms with Crippen LogP contribution in [-0.2, 0) is 9.84 Å². The van der Waals surface area contributed by atoms with Gasteiger partial charge in [-0.1, -0.05) is 26.2 Å². The molecule has 4 heteroatoms. The number of sulfone groups is 1. The summed E-state index contributed by atoms with van der Waals surface area (Å²) in [6.07, 6.45) is 7.21. The van der Waals surface area contributed by atoms with E-state index in [0.29, 0.717) is 17.5 Å². The zero-order chi connectivity index (χ0) is 11.6. The molecule has 1 saturated carbocycles. The van der Waals surface area contributed by atoms with Crippen LogP contribution >= 0.6 is 0 Å². The first-order chi connectivity index (χ1) is 7.59. The van der Waals surface area contributed by atoms with Crippen LogP contribution in [0.3, 0.4) is 0 Å². The second kappa shape index (κ2) is 5.05. The lowest BCUT2D eigenvalue weighted by molar-refractivity contribution is 0.266. The average Bonchev–Trinajstić information content (AvgIpc) is 2.58. The van der Waals surface area contributed by atoms with E-state index in [0.717, 1.165) is 12.3 Å². The molecule has 2 rings (SSSR count). The number of hydrogen-bond donors (Lipinski definition) is 1. The van der Waals surface area contributed by atoms with Crippen LogP contribution < -0.4 is 5.32 Å². The first kappa shape index (κ1) is 12.4. The summed E-state index contributed by atoms with van der Waals surface area (Å²) >= 11 is 0. The summed E-state index contributed by atoms with van der Waals surface area (Å²) in [6, 6.07) is 0.794. The van der Waals surface area contributed by atoms with Crippen LogP contribution in [0.4, 0.5) is 0 Å². The molecule has 2 aliphatic rings. The molecule has 1 aliphatic carbocycles. The number of rotatable bonds is 3. The molecule has 1 saturated heterocycles. The van der Waals surface area contributed by atoms with Gasteiger partial charge < -0.3 is 5.32 Å². The van der Waals surface area contributed by atoms with Crippen molar-refractivity contribution in [1.82, 2.24) is 5.32 Å². The van der Waals surface area contributed by atoms with Crippen molar-refractivity contribution in [2.24, 2.45) is 5.92 Å². The molecule has 0 radical (unpaired) electrons. The van der Waals surface area contributed by atoms with E-state index < -0.39 is 9.84 Å². The van der Waals surface area contributed by atoms with Crippen molar-refractivity contribution >= 4 is 9.84 Å². The van der Waals surface area contributed by atoms with Crippen molar-refractivity contribution in [1.29, 1.82) is 0 Å². The topological polar surface area (TPSA) is 46.2 Å². The maximum atomic E-state index is 11.4. The Kier molecular flexibility index (Phi) is 3.90. The molecule has 1 aliphatic heterocycles. The summed E-state index contributed by atoms with van der Waals surface area (Å²) in [4.78, 5) is 0. The monoisotopic (exact) mass is 245 g/mol. The quantitative estimate of drug-likeness (QED) is 0.823.